The van der Waals surface area contributed by atoms with E-state index in [0.29, 0.717) is 46.7 Å². The first-order valence-electron chi connectivity index (χ1n) is 11.7. The van der Waals surface area contributed by atoms with Gasteiger partial charge < -0.3 is 15.8 Å². The minimum Gasteiger partial charge on any atom is -0.478 e. The minimum atomic E-state index is -1.05. The Hall–Kier alpha value is -5.35. The largest absolute Gasteiger partial charge is 0.478 e. The molecule has 10 heteroatoms. The number of benzene rings is 3. The third kappa shape index (κ3) is 6.45. The van der Waals surface area contributed by atoms with Gasteiger partial charge in [0.15, 0.2) is 5.78 Å². The summed E-state index contributed by atoms with van der Waals surface area (Å²) in [5.41, 5.74) is 2.98. The van der Waals surface area contributed by atoms with Gasteiger partial charge in [-0.05, 0) is 48.9 Å². The third-order valence-electron chi connectivity index (χ3n) is 5.77. The molecule has 3 aromatic rings. The summed E-state index contributed by atoms with van der Waals surface area (Å²) in [6, 6.07) is 22.3. The molecule has 0 radical (unpaired) electrons. The highest BCUT2D eigenvalue weighted by molar-refractivity contribution is 6.15. The number of hydrogen-bond donors (Lipinski definition) is 2. The number of hydrogen-bond acceptors (Lipinski definition) is 8. The van der Waals surface area contributed by atoms with Crippen LogP contribution in [0.4, 0.5) is 11.4 Å². The number of anilines is 1. The van der Waals surface area contributed by atoms with Gasteiger partial charge in [-0.15, -0.1) is 10.2 Å². The monoisotopic (exact) mass is 507 g/mol. The second-order valence-corrected chi connectivity index (χ2v) is 8.14. The van der Waals surface area contributed by atoms with Crippen LogP contribution < -0.4 is 10.7 Å². The zero-order chi connectivity index (χ0) is 27.5. The normalized spacial score (nSPS) is 11.1. The van der Waals surface area contributed by atoms with Crippen LogP contribution in [0.3, 0.4) is 0 Å². The van der Waals surface area contributed by atoms with E-state index in [0.717, 1.165) is 0 Å². The molecule has 190 valence electrons. The fraction of sp³-hybridized carbons (Fsp3) is 0.179. The molecular weight excluding hydrogens is 482 g/mol. The quantitative estimate of drug-likeness (QED) is 0.0975. The molecule has 0 aliphatic heterocycles. The number of aromatic carboxylic acids is 1. The van der Waals surface area contributed by atoms with Gasteiger partial charge in [0.05, 0.1) is 36.2 Å². The van der Waals surface area contributed by atoms with Gasteiger partial charge in [0.2, 0.25) is 5.84 Å². The Bertz CT molecular complexity index is 1430. The van der Waals surface area contributed by atoms with Gasteiger partial charge in [0.1, 0.15) is 0 Å². The van der Waals surface area contributed by atoms with Crippen LogP contribution in [0.1, 0.15) is 50.2 Å². The number of azo groups is 1. The maximum absolute atomic E-state index is 13.7. The highest BCUT2D eigenvalue weighted by Gasteiger charge is 2.24. The highest BCUT2D eigenvalue weighted by Crippen LogP contribution is 2.30. The fourth-order valence-corrected chi connectivity index (χ4v) is 3.87. The maximum Gasteiger partial charge on any atom is 0.335 e. The number of nitrogens with zero attached hydrogens (tertiary/aromatic N) is 6. The van der Waals surface area contributed by atoms with Crippen LogP contribution in [-0.4, -0.2) is 35.8 Å². The lowest BCUT2D eigenvalue weighted by Crippen LogP contribution is -2.28. The molecule has 0 aliphatic carbocycles. The van der Waals surface area contributed by atoms with Crippen LogP contribution in [0.15, 0.2) is 82.1 Å². The van der Waals surface area contributed by atoms with Crippen molar-refractivity contribution >= 4 is 29.0 Å². The topological polar surface area (TPSA) is 168 Å². The lowest BCUT2D eigenvalue weighted by molar-refractivity contribution is 0.0696. The van der Waals surface area contributed by atoms with Crippen molar-refractivity contribution in [2.45, 2.75) is 19.8 Å². The van der Waals surface area contributed by atoms with Gasteiger partial charge in [-0.3, -0.25) is 4.79 Å². The molecule has 3 N–H and O–H groups in total. The average molecular weight is 508 g/mol. The average Bonchev–Trinajstić information content (AvgIpc) is 2.94. The molecule has 0 spiro atoms. The van der Waals surface area contributed by atoms with Crippen LogP contribution in [0.5, 0.6) is 0 Å². The zero-order valence-electron chi connectivity index (χ0n) is 20.7. The lowest BCUT2D eigenvalue weighted by Gasteiger charge is -2.27. The van der Waals surface area contributed by atoms with E-state index < -0.39 is 5.97 Å². The Balaban J connectivity index is 2.10. The number of carbonyl (C=O) groups is 2. The van der Waals surface area contributed by atoms with Crippen molar-refractivity contribution in [3.63, 3.8) is 0 Å². The van der Waals surface area contributed by atoms with Gasteiger partial charge in [0.25, 0.3) is 0 Å². The van der Waals surface area contributed by atoms with Gasteiger partial charge in [-0.1, -0.05) is 30.3 Å². The predicted octanol–water partition coefficient (Wildman–Crippen LogP) is 4.96. The minimum absolute atomic E-state index is 0.0686. The van der Waals surface area contributed by atoms with Crippen molar-refractivity contribution < 1.29 is 14.7 Å². The summed E-state index contributed by atoms with van der Waals surface area (Å²) in [5, 5.41) is 39.4. The summed E-state index contributed by atoms with van der Waals surface area (Å²) in [7, 11) is 0. The van der Waals surface area contributed by atoms with Crippen molar-refractivity contribution in [3.8, 4) is 12.1 Å². The smallest absolute Gasteiger partial charge is 0.335 e. The summed E-state index contributed by atoms with van der Waals surface area (Å²) in [6.45, 7) is 2.44. The number of nitriles is 2. The molecule has 3 rings (SSSR count). The van der Waals surface area contributed by atoms with Crippen LogP contribution in [-0.2, 0) is 0 Å². The molecule has 0 amide bonds. The van der Waals surface area contributed by atoms with Crippen molar-refractivity contribution in [3.05, 3.63) is 94.5 Å². The van der Waals surface area contributed by atoms with E-state index >= 15 is 0 Å². The molecular formula is C28H25N7O3. The van der Waals surface area contributed by atoms with Gasteiger partial charge in [0, 0.05) is 35.5 Å². The summed E-state index contributed by atoms with van der Waals surface area (Å²) >= 11 is 0. The van der Waals surface area contributed by atoms with E-state index in [1.165, 1.54) is 24.3 Å². The number of nitrogens with two attached hydrogens (primary N) is 1. The van der Waals surface area contributed by atoms with Crippen molar-refractivity contribution in [2.75, 3.05) is 18.0 Å². The lowest BCUT2D eigenvalue weighted by atomic mass is 9.92. The molecule has 0 fully saturated rings. The van der Waals surface area contributed by atoms with Gasteiger partial charge in [-0.2, -0.15) is 15.6 Å². The molecule has 0 aliphatic rings. The van der Waals surface area contributed by atoms with E-state index in [1.54, 1.807) is 43.3 Å². The highest BCUT2D eigenvalue weighted by atomic mass is 16.4. The van der Waals surface area contributed by atoms with Crippen molar-refractivity contribution in [2.24, 2.45) is 21.2 Å². The maximum atomic E-state index is 13.7. The van der Waals surface area contributed by atoms with E-state index in [1.807, 2.05) is 11.0 Å². The summed E-state index contributed by atoms with van der Waals surface area (Å²) in [4.78, 5) is 26.7. The van der Waals surface area contributed by atoms with Crippen LogP contribution in [0.25, 0.3) is 0 Å². The number of ketones is 1. The second kappa shape index (κ2) is 13.1. The molecule has 0 aromatic heterocycles. The second-order valence-electron chi connectivity index (χ2n) is 8.14. The van der Waals surface area contributed by atoms with E-state index in [4.69, 9.17) is 21.5 Å². The Morgan fingerprint density at radius 3 is 2.11 bits per heavy atom. The Morgan fingerprint density at radius 1 is 0.921 bits per heavy atom. The molecule has 0 atom stereocenters. The van der Waals surface area contributed by atoms with Gasteiger partial charge in [-0.25, -0.2) is 4.79 Å². The molecule has 38 heavy (non-hydrogen) atoms. The van der Waals surface area contributed by atoms with Crippen LogP contribution in [0.2, 0.25) is 0 Å². The zero-order valence-corrected chi connectivity index (χ0v) is 20.7. The molecule has 0 unspecified atom stereocenters. The molecule has 0 saturated heterocycles. The SMILES string of the molecule is Cc1c(C(N=Nc2ccc(C(=O)O)cc2)=NN)ccc(N(CCC#N)CCC#N)c1C(=O)c1ccccc1. The first-order valence-corrected chi connectivity index (χ1v) is 11.7. The fourth-order valence-electron chi connectivity index (χ4n) is 3.87. The third-order valence-corrected chi connectivity index (χ3v) is 5.77. The number of rotatable bonds is 10. The molecule has 10 nitrogen and oxygen atoms in total. The van der Waals surface area contributed by atoms with E-state index in [-0.39, 0.29) is 30.0 Å². The van der Waals surface area contributed by atoms with Crippen molar-refractivity contribution in [1.29, 1.82) is 10.5 Å². The molecule has 0 bridgehead atoms. The number of carboxylic acid groups (broad SMARTS) is 1. The number of amidine groups is 1. The summed E-state index contributed by atoms with van der Waals surface area (Å²) < 4.78 is 0. The molecule has 3 aromatic carbocycles. The Labute approximate surface area is 220 Å². The number of carboxylic acids is 1. The number of hydrazone groups is 1. The van der Waals surface area contributed by atoms with Crippen LogP contribution in [0, 0.1) is 29.6 Å². The predicted molar refractivity (Wildman–Crippen MR) is 142 cm³/mol. The van der Waals surface area contributed by atoms with Crippen molar-refractivity contribution in [1.82, 2.24) is 0 Å². The first kappa shape index (κ1) is 27.2. The van der Waals surface area contributed by atoms with Gasteiger partial charge >= 0.3 is 5.97 Å². The van der Waals surface area contributed by atoms with E-state index in [2.05, 4.69) is 27.5 Å². The Morgan fingerprint density at radius 2 is 1.55 bits per heavy atom. The summed E-state index contributed by atoms with van der Waals surface area (Å²) in [6.07, 6.45) is 0.436. The molecule has 0 saturated carbocycles. The Kier molecular flexibility index (Phi) is 9.39. The standard InChI is InChI=1S/C28H25N7O3/c1-19-23(27(32-31)34-33-22-11-9-21(10-12-22)28(37)38)13-14-24(35(17-5-15-29)18-6-16-30)25(19)26(36)20-7-3-2-4-8-20/h2-4,7-14H,5-6,17-18,31H2,1H3,(H,37,38). The first-order chi connectivity index (χ1) is 18.4. The van der Waals surface area contributed by atoms with E-state index in [9.17, 15) is 9.59 Å². The van der Waals surface area contributed by atoms with Crippen LogP contribution >= 0.6 is 0 Å². The number of carbonyl (C=O) groups excluding carboxylic acids is 1. The molecule has 0 heterocycles. The summed E-state index contributed by atoms with van der Waals surface area (Å²) in [5.74, 6) is 4.43.